The summed E-state index contributed by atoms with van der Waals surface area (Å²) < 4.78 is 10.9. The number of nitrogens with zero attached hydrogens (tertiary/aromatic N) is 3. The number of rotatable bonds is 7. The van der Waals surface area contributed by atoms with Crippen LogP contribution in [0.25, 0.3) is 5.57 Å². The first-order valence-corrected chi connectivity index (χ1v) is 19.0. The van der Waals surface area contributed by atoms with Crippen molar-refractivity contribution < 1.29 is 24.2 Å². The van der Waals surface area contributed by atoms with E-state index in [0.29, 0.717) is 18.4 Å². The maximum absolute atomic E-state index is 13.5. The molecule has 2 atom stereocenters. The second-order valence-corrected chi connectivity index (χ2v) is 15.8. The number of benzene rings is 1. The van der Waals surface area contributed by atoms with E-state index in [1.165, 1.54) is 7.11 Å². The zero-order valence-corrected chi connectivity index (χ0v) is 33.1. The number of aliphatic hydroxyl groups is 1. The molecule has 0 amide bonds. The fourth-order valence-electron chi connectivity index (χ4n) is 8.57. The molecule has 9 heteroatoms. The third kappa shape index (κ3) is 6.27. The number of aliphatic imine (C=N–C) groups is 3. The molecule has 9 nitrogen and oxygen atoms in total. The predicted octanol–water partition coefficient (Wildman–Crippen LogP) is 9.50. The van der Waals surface area contributed by atoms with Crippen molar-refractivity contribution in [3.05, 3.63) is 121 Å². The maximum Gasteiger partial charge on any atom is 0.338 e. The summed E-state index contributed by atoms with van der Waals surface area (Å²) >= 11 is 0. The minimum Gasteiger partial charge on any atom is -0.511 e. The zero-order valence-electron chi connectivity index (χ0n) is 33.1. The van der Waals surface area contributed by atoms with Gasteiger partial charge in [-0.1, -0.05) is 32.9 Å². The molecule has 0 radical (unpaired) electrons. The van der Waals surface area contributed by atoms with Crippen LogP contribution in [0.3, 0.4) is 0 Å². The van der Waals surface area contributed by atoms with Gasteiger partial charge in [-0.25, -0.2) is 19.8 Å². The molecule has 5 heterocycles. The number of hydrogen-bond acceptors (Lipinski definition) is 9. The van der Waals surface area contributed by atoms with Gasteiger partial charge in [-0.2, -0.15) is 0 Å². The fraction of sp³-hybridized carbons (Fsp3) is 0.400. The standard InChI is InChI=1S/C45H50N4O5/c1-11-28-22(3)32-20-35-29(12-2)23(4)40(48-35)39(26-14-13-15-27(18-26)44(52)54-45(7,8)9)41-24(5)30(16-17-37(51)53-10)42(49-41)31-19-36(50)38-25(6)33(47-43(31)38)21-34(28)46-32/h13-15,18,20-21,24,30,49-50H,11-12,16-17,19H2,1-10H3/t24-,30-/m0/s1. The number of aliphatic hydroxyl groups excluding tert-OH is 1. The van der Waals surface area contributed by atoms with Crippen molar-refractivity contribution in [2.75, 3.05) is 7.11 Å². The van der Waals surface area contributed by atoms with Crippen LogP contribution in [0.5, 0.6) is 0 Å². The Labute approximate surface area is 318 Å². The number of nitrogens with one attached hydrogen (secondary N) is 1. The monoisotopic (exact) mass is 726 g/mol. The average molecular weight is 727 g/mol. The van der Waals surface area contributed by atoms with Gasteiger partial charge in [-0.15, -0.1) is 0 Å². The molecule has 2 N–H and O–H groups in total. The van der Waals surface area contributed by atoms with Gasteiger partial charge < -0.3 is 19.9 Å². The number of allylic oxidation sites excluding steroid dienone is 12. The molecule has 1 saturated heterocycles. The van der Waals surface area contributed by atoms with Crippen LogP contribution in [0.15, 0.2) is 125 Å². The summed E-state index contributed by atoms with van der Waals surface area (Å²) in [5.74, 6) is -0.637. The number of carbonyl (C=O) groups excluding carboxylic acids is 2. The molecule has 1 fully saturated rings. The molecule has 1 aromatic rings. The van der Waals surface area contributed by atoms with Gasteiger partial charge in [0.25, 0.3) is 0 Å². The number of methoxy groups -OCH3 is 1. The van der Waals surface area contributed by atoms with Gasteiger partial charge in [0.2, 0.25) is 0 Å². The summed E-state index contributed by atoms with van der Waals surface area (Å²) in [5.41, 5.74) is 15.3. The molecule has 280 valence electrons. The van der Waals surface area contributed by atoms with Gasteiger partial charge in [0.05, 0.1) is 46.9 Å². The maximum atomic E-state index is 13.5. The second-order valence-electron chi connectivity index (χ2n) is 15.8. The highest BCUT2D eigenvalue weighted by Gasteiger charge is 2.43. The highest BCUT2D eigenvalue weighted by atomic mass is 16.6. The van der Waals surface area contributed by atoms with E-state index in [4.69, 9.17) is 24.5 Å². The first kappa shape index (κ1) is 37.0. The van der Waals surface area contributed by atoms with E-state index in [9.17, 15) is 14.7 Å². The number of esters is 2. The van der Waals surface area contributed by atoms with Crippen LogP contribution in [0.4, 0.5) is 0 Å². The van der Waals surface area contributed by atoms with E-state index in [0.717, 1.165) is 109 Å². The Morgan fingerprint density at radius 3 is 2.30 bits per heavy atom. The molecule has 54 heavy (non-hydrogen) atoms. The van der Waals surface area contributed by atoms with E-state index in [-0.39, 0.29) is 30.0 Å². The third-order valence-electron chi connectivity index (χ3n) is 11.3. The highest BCUT2D eigenvalue weighted by molar-refractivity contribution is 6.34. The van der Waals surface area contributed by atoms with Gasteiger partial charge in [0.1, 0.15) is 11.4 Å². The molecule has 6 aliphatic rings. The predicted molar refractivity (Wildman–Crippen MR) is 214 cm³/mol. The molecule has 0 spiro atoms. The van der Waals surface area contributed by atoms with Gasteiger partial charge in [0, 0.05) is 52.8 Å². The smallest absolute Gasteiger partial charge is 0.338 e. The van der Waals surface area contributed by atoms with Crippen molar-refractivity contribution in [2.24, 2.45) is 26.8 Å². The van der Waals surface area contributed by atoms with Crippen molar-refractivity contribution in [1.29, 1.82) is 0 Å². The molecular weight excluding hydrogens is 677 g/mol. The van der Waals surface area contributed by atoms with Crippen LogP contribution in [0, 0.1) is 11.8 Å². The Morgan fingerprint density at radius 2 is 1.61 bits per heavy atom. The molecule has 0 aromatic heterocycles. The summed E-state index contributed by atoms with van der Waals surface area (Å²) in [6, 6.07) is 7.57. The van der Waals surface area contributed by atoms with E-state index < -0.39 is 11.6 Å². The molecule has 5 aliphatic heterocycles. The van der Waals surface area contributed by atoms with E-state index in [1.807, 2.05) is 45.9 Å². The Morgan fingerprint density at radius 1 is 0.907 bits per heavy atom. The molecule has 0 unspecified atom stereocenters. The second kappa shape index (κ2) is 13.8. The van der Waals surface area contributed by atoms with Crippen LogP contribution >= 0.6 is 0 Å². The minimum atomic E-state index is -0.658. The number of hydrogen-bond donors (Lipinski definition) is 2. The SMILES string of the molecule is CCC1=C(C)C2=NC1=CC1=C(C)C3=C(O)CC(=C4NC(=C(c5cccc(C(=O)OC(C)(C)C)c5)C5=NC(=C2)C(CC)=C5C)[C@@H](C)[C@@H]4CCC(=O)OC)C3=N1. The van der Waals surface area contributed by atoms with Crippen molar-refractivity contribution >= 4 is 34.6 Å². The summed E-state index contributed by atoms with van der Waals surface area (Å²) in [5, 5.41) is 15.4. The first-order chi connectivity index (χ1) is 25.6. The van der Waals surface area contributed by atoms with Crippen molar-refractivity contribution in [1.82, 2.24) is 5.32 Å². The third-order valence-corrected chi connectivity index (χ3v) is 11.3. The quantitative estimate of drug-likeness (QED) is 0.270. The van der Waals surface area contributed by atoms with Gasteiger partial charge in [0.15, 0.2) is 0 Å². The van der Waals surface area contributed by atoms with Crippen LogP contribution in [-0.2, 0) is 14.3 Å². The minimum absolute atomic E-state index is 0.108. The Balaban J connectivity index is 1.54. The Hall–Kier alpha value is -5.31. The lowest BCUT2D eigenvalue weighted by atomic mass is 9.83. The molecule has 1 aromatic carbocycles. The number of ether oxygens (including phenoxy) is 2. The summed E-state index contributed by atoms with van der Waals surface area (Å²) in [7, 11) is 1.41. The van der Waals surface area contributed by atoms with Crippen LogP contribution in [0.1, 0.15) is 110 Å². The number of fused-ring (bicyclic) bond motifs is 5. The lowest BCUT2D eigenvalue weighted by molar-refractivity contribution is -0.140. The van der Waals surface area contributed by atoms with Crippen LogP contribution in [-0.4, -0.2) is 46.9 Å². The zero-order chi connectivity index (χ0) is 38.8. The van der Waals surface area contributed by atoms with Crippen molar-refractivity contribution in [2.45, 2.75) is 100 Å². The first-order valence-electron chi connectivity index (χ1n) is 19.0. The summed E-state index contributed by atoms with van der Waals surface area (Å²) in [4.78, 5) is 41.9. The average Bonchev–Trinajstić information content (AvgIpc) is 3.89. The largest absolute Gasteiger partial charge is 0.511 e. The van der Waals surface area contributed by atoms with Crippen LogP contribution < -0.4 is 5.32 Å². The Bertz CT molecular complexity index is 2270. The number of carbonyl (C=O) groups is 2. The molecular formula is C45H50N4O5. The van der Waals surface area contributed by atoms with Crippen LogP contribution in [0.2, 0.25) is 0 Å². The topological polar surface area (TPSA) is 122 Å². The van der Waals surface area contributed by atoms with Crippen molar-refractivity contribution in [3.8, 4) is 0 Å². The van der Waals surface area contributed by atoms with Gasteiger partial charge in [-0.3, -0.25) is 4.79 Å². The van der Waals surface area contributed by atoms with E-state index in [2.05, 4.69) is 52.1 Å². The highest BCUT2D eigenvalue weighted by Crippen LogP contribution is 2.48. The van der Waals surface area contributed by atoms with Crippen molar-refractivity contribution in [3.63, 3.8) is 0 Å². The summed E-state index contributed by atoms with van der Waals surface area (Å²) in [6.07, 6.45) is 6.80. The molecule has 7 rings (SSSR count). The fourth-order valence-corrected chi connectivity index (χ4v) is 8.57. The lowest BCUT2D eigenvalue weighted by Gasteiger charge is -2.21. The molecule has 0 saturated carbocycles. The summed E-state index contributed by atoms with van der Waals surface area (Å²) in [6.45, 7) is 18.3. The van der Waals surface area contributed by atoms with Gasteiger partial charge >= 0.3 is 11.9 Å². The lowest BCUT2D eigenvalue weighted by Crippen LogP contribution is -2.24. The Kier molecular flexibility index (Phi) is 9.48. The van der Waals surface area contributed by atoms with Gasteiger partial charge in [-0.05, 0) is 119 Å². The molecule has 8 bridgehead atoms. The van der Waals surface area contributed by atoms with E-state index >= 15 is 0 Å². The normalized spacial score (nSPS) is 22.2. The molecule has 1 aliphatic carbocycles. The van der Waals surface area contributed by atoms with E-state index in [1.54, 1.807) is 6.07 Å².